The highest BCUT2D eigenvalue weighted by Gasteiger charge is 2.34. The van der Waals surface area contributed by atoms with Crippen molar-refractivity contribution >= 4 is 33.7 Å². The summed E-state index contributed by atoms with van der Waals surface area (Å²) in [5.41, 5.74) is 5.22. The van der Waals surface area contributed by atoms with Gasteiger partial charge in [-0.15, -0.1) is 0 Å². The average Bonchev–Trinajstić information content (AvgIpc) is 2.43. The van der Waals surface area contributed by atoms with E-state index in [9.17, 15) is 4.79 Å². The molecule has 0 fully saturated rings. The van der Waals surface area contributed by atoms with Gasteiger partial charge in [0.15, 0.2) is 0 Å². The number of carbonyl (C=O) groups excluding carboxylic acids is 1. The van der Waals surface area contributed by atoms with Gasteiger partial charge in [0.2, 0.25) is 0 Å². The summed E-state index contributed by atoms with van der Waals surface area (Å²) in [6.07, 6.45) is 1.76. The Bertz CT molecular complexity index is 472. The zero-order valence-corrected chi connectivity index (χ0v) is 9.28. The second-order valence-electron chi connectivity index (χ2n) is 3.56. The van der Waals surface area contributed by atoms with Gasteiger partial charge in [-0.2, -0.15) is 5.10 Å². The SMILES string of the molecule is O=C1NN=CC2c3c(cccc31)NC2Br. The summed E-state index contributed by atoms with van der Waals surface area (Å²) in [5, 5.41) is 7.18. The van der Waals surface area contributed by atoms with Gasteiger partial charge in [0, 0.05) is 17.5 Å². The second-order valence-corrected chi connectivity index (χ2v) is 4.54. The van der Waals surface area contributed by atoms with Gasteiger partial charge in [-0.25, -0.2) is 5.43 Å². The lowest BCUT2D eigenvalue weighted by molar-refractivity contribution is 0.0955. The first-order valence-corrected chi connectivity index (χ1v) is 5.56. The van der Waals surface area contributed by atoms with Crippen molar-refractivity contribution in [3.05, 3.63) is 29.3 Å². The molecule has 2 atom stereocenters. The summed E-state index contributed by atoms with van der Waals surface area (Å²) < 4.78 is 0. The summed E-state index contributed by atoms with van der Waals surface area (Å²) >= 11 is 3.53. The quantitative estimate of drug-likeness (QED) is 0.554. The molecule has 0 saturated carbocycles. The number of hydrogen-bond donors (Lipinski definition) is 2. The Labute approximate surface area is 94.9 Å². The molecule has 0 bridgehead atoms. The van der Waals surface area contributed by atoms with Crippen LogP contribution in [0.4, 0.5) is 5.69 Å². The number of nitrogens with one attached hydrogen (secondary N) is 2. The lowest BCUT2D eigenvalue weighted by atomic mass is 9.97. The fraction of sp³-hybridized carbons (Fsp3) is 0.200. The summed E-state index contributed by atoms with van der Waals surface area (Å²) in [5.74, 6) is -0.0378. The van der Waals surface area contributed by atoms with Crippen LogP contribution in [0.15, 0.2) is 23.3 Å². The summed E-state index contributed by atoms with van der Waals surface area (Å²) in [6.45, 7) is 0. The standard InChI is InChI=1S/C10H8BrN3O/c11-9-6-4-12-14-10(15)5-2-1-3-7(13-9)8(5)6/h1-4,6,9,13H,(H,14,15). The minimum Gasteiger partial charge on any atom is -0.372 e. The average molecular weight is 266 g/mol. The summed E-state index contributed by atoms with van der Waals surface area (Å²) in [6, 6.07) is 5.66. The second kappa shape index (κ2) is 3.06. The third-order valence-corrected chi connectivity index (χ3v) is 3.49. The lowest BCUT2D eigenvalue weighted by Gasteiger charge is -2.07. The van der Waals surface area contributed by atoms with E-state index in [1.807, 2.05) is 18.2 Å². The van der Waals surface area contributed by atoms with E-state index in [4.69, 9.17) is 0 Å². The maximum Gasteiger partial charge on any atom is 0.271 e. The molecule has 2 heterocycles. The van der Waals surface area contributed by atoms with Crippen LogP contribution in [0.3, 0.4) is 0 Å². The van der Waals surface area contributed by atoms with Crippen molar-refractivity contribution in [3.63, 3.8) is 0 Å². The van der Waals surface area contributed by atoms with Crippen LogP contribution in [0, 0.1) is 0 Å². The van der Waals surface area contributed by atoms with Gasteiger partial charge in [-0.05, 0) is 17.7 Å². The molecule has 0 spiro atoms. The van der Waals surface area contributed by atoms with Crippen LogP contribution in [-0.2, 0) is 0 Å². The van der Waals surface area contributed by atoms with E-state index in [1.54, 1.807) is 6.21 Å². The van der Waals surface area contributed by atoms with Crippen LogP contribution in [-0.4, -0.2) is 17.1 Å². The van der Waals surface area contributed by atoms with Gasteiger partial charge in [-0.3, -0.25) is 4.79 Å². The number of anilines is 1. The normalized spacial score (nSPS) is 26.6. The number of nitrogens with zero attached hydrogens (tertiary/aromatic N) is 1. The van der Waals surface area contributed by atoms with Gasteiger partial charge in [0.05, 0.1) is 10.9 Å². The number of alkyl halides is 1. The fourth-order valence-corrected chi connectivity index (χ4v) is 2.67. The highest BCUT2D eigenvalue weighted by Crippen LogP contribution is 2.40. The van der Waals surface area contributed by atoms with Crippen LogP contribution in [0.25, 0.3) is 0 Å². The van der Waals surface area contributed by atoms with E-state index < -0.39 is 0 Å². The van der Waals surface area contributed by atoms with Crippen molar-refractivity contribution in [2.75, 3.05) is 5.32 Å². The van der Waals surface area contributed by atoms with Crippen LogP contribution in [0.5, 0.6) is 0 Å². The van der Waals surface area contributed by atoms with Gasteiger partial charge in [0.25, 0.3) is 5.91 Å². The van der Waals surface area contributed by atoms with E-state index in [2.05, 4.69) is 31.8 Å². The van der Waals surface area contributed by atoms with E-state index in [0.717, 1.165) is 11.3 Å². The Morgan fingerprint density at radius 2 is 2.27 bits per heavy atom. The highest BCUT2D eigenvalue weighted by molar-refractivity contribution is 9.09. The summed E-state index contributed by atoms with van der Waals surface area (Å²) in [4.78, 5) is 11.8. The van der Waals surface area contributed by atoms with Crippen molar-refractivity contribution in [1.82, 2.24) is 5.43 Å². The predicted molar refractivity (Wildman–Crippen MR) is 61.5 cm³/mol. The molecule has 1 amide bonds. The smallest absolute Gasteiger partial charge is 0.271 e. The topological polar surface area (TPSA) is 53.5 Å². The Hall–Kier alpha value is -1.36. The lowest BCUT2D eigenvalue weighted by Crippen LogP contribution is -2.16. The van der Waals surface area contributed by atoms with Gasteiger partial charge >= 0.3 is 0 Å². The predicted octanol–water partition coefficient (Wildman–Crippen LogP) is 1.65. The zero-order chi connectivity index (χ0) is 10.4. The highest BCUT2D eigenvalue weighted by atomic mass is 79.9. The number of carbonyl (C=O) groups is 1. The number of amides is 1. The molecule has 5 heteroatoms. The van der Waals surface area contributed by atoms with Crippen molar-refractivity contribution in [2.45, 2.75) is 10.9 Å². The van der Waals surface area contributed by atoms with Crippen molar-refractivity contribution in [1.29, 1.82) is 0 Å². The molecule has 15 heavy (non-hydrogen) atoms. The third kappa shape index (κ3) is 1.19. The first-order valence-electron chi connectivity index (χ1n) is 4.64. The number of rotatable bonds is 0. The molecular weight excluding hydrogens is 258 g/mol. The maximum absolute atomic E-state index is 11.7. The summed E-state index contributed by atoms with van der Waals surface area (Å²) in [7, 11) is 0. The molecule has 2 aliphatic heterocycles. The van der Waals surface area contributed by atoms with Gasteiger partial charge < -0.3 is 5.32 Å². The molecule has 2 aliphatic rings. The molecule has 1 aromatic carbocycles. The minimum absolute atomic E-state index is 0.102. The molecule has 4 nitrogen and oxygen atoms in total. The van der Waals surface area contributed by atoms with Crippen LogP contribution >= 0.6 is 15.9 Å². The largest absolute Gasteiger partial charge is 0.372 e. The third-order valence-electron chi connectivity index (χ3n) is 2.69. The fourth-order valence-electron chi connectivity index (χ4n) is 2.02. The van der Waals surface area contributed by atoms with Crippen LogP contribution < -0.4 is 10.7 Å². The van der Waals surface area contributed by atoms with E-state index >= 15 is 0 Å². The molecule has 0 aromatic heterocycles. The molecule has 0 saturated heterocycles. The monoisotopic (exact) mass is 265 g/mol. The molecule has 0 aliphatic carbocycles. The van der Waals surface area contributed by atoms with Crippen LogP contribution in [0.2, 0.25) is 0 Å². The molecular formula is C10H8BrN3O. The molecule has 2 unspecified atom stereocenters. The number of benzene rings is 1. The van der Waals surface area contributed by atoms with Crippen molar-refractivity contribution in [2.24, 2.45) is 5.10 Å². The Kier molecular flexibility index (Phi) is 1.82. The van der Waals surface area contributed by atoms with E-state index in [1.165, 1.54) is 0 Å². The zero-order valence-electron chi connectivity index (χ0n) is 7.70. The van der Waals surface area contributed by atoms with Crippen molar-refractivity contribution < 1.29 is 4.79 Å². The number of halogens is 1. The van der Waals surface area contributed by atoms with Crippen LogP contribution in [0.1, 0.15) is 21.8 Å². The van der Waals surface area contributed by atoms with Gasteiger partial charge in [0.1, 0.15) is 0 Å². The Morgan fingerprint density at radius 1 is 1.40 bits per heavy atom. The molecule has 1 aromatic rings. The van der Waals surface area contributed by atoms with E-state index in [0.29, 0.717) is 5.56 Å². The Morgan fingerprint density at radius 3 is 3.13 bits per heavy atom. The number of hydrazone groups is 1. The molecule has 76 valence electrons. The minimum atomic E-state index is -0.144. The Balaban J connectivity index is 2.27. The van der Waals surface area contributed by atoms with Crippen molar-refractivity contribution in [3.8, 4) is 0 Å². The first-order chi connectivity index (χ1) is 7.27. The first kappa shape index (κ1) is 8.91. The molecule has 2 N–H and O–H groups in total. The molecule has 3 rings (SSSR count). The number of hydrogen-bond acceptors (Lipinski definition) is 3. The maximum atomic E-state index is 11.7. The van der Waals surface area contributed by atoms with Gasteiger partial charge in [-0.1, -0.05) is 22.0 Å². The molecule has 0 radical (unpaired) electrons. The van der Waals surface area contributed by atoms with E-state index in [-0.39, 0.29) is 16.8 Å².